The number of quaternary nitrogens is 1. The van der Waals surface area contributed by atoms with Crippen molar-refractivity contribution in [1.82, 2.24) is 0 Å². The molecule has 2 atom stereocenters. The summed E-state index contributed by atoms with van der Waals surface area (Å²) in [6.07, 6.45) is 63.1. The second-order valence-corrected chi connectivity index (χ2v) is 18.1. The summed E-state index contributed by atoms with van der Waals surface area (Å²) in [6, 6.07) is 0. The van der Waals surface area contributed by atoms with Gasteiger partial charge in [-0.2, -0.15) is 0 Å². The zero-order valence-corrected chi connectivity index (χ0v) is 43.0. The molecule has 0 amide bonds. The van der Waals surface area contributed by atoms with Crippen LogP contribution in [0.4, 0.5) is 0 Å². The molecule has 0 aliphatic heterocycles. The van der Waals surface area contributed by atoms with Crippen molar-refractivity contribution in [2.45, 2.75) is 193 Å². The van der Waals surface area contributed by atoms with Gasteiger partial charge in [-0.05, 0) is 96.3 Å². The number of likely N-dealkylation sites (N-methyl/N-ethyl adjacent to an activating group) is 1. The Morgan fingerprint density at radius 2 is 0.806 bits per heavy atom. The number of carboxylic acids is 1. The quantitative estimate of drug-likeness (QED) is 0.0211. The maximum atomic E-state index is 12.8. The summed E-state index contributed by atoms with van der Waals surface area (Å²) >= 11 is 0. The molecule has 0 saturated carbocycles. The van der Waals surface area contributed by atoms with Crippen LogP contribution in [-0.4, -0.2) is 87.4 Å². The number of ether oxygens (including phenoxy) is 4. The van der Waals surface area contributed by atoms with Crippen molar-refractivity contribution in [3.63, 3.8) is 0 Å². The lowest BCUT2D eigenvalue weighted by Crippen LogP contribution is -2.40. The fourth-order valence-electron chi connectivity index (χ4n) is 6.56. The van der Waals surface area contributed by atoms with E-state index >= 15 is 0 Å². The van der Waals surface area contributed by atoms with Gasteiger partial charge >= 0.3 is 17.9 Å². The zero-order chi connectivity index (χ0) is 49.2. The van der Waals surface area contributed by atoms with Gasteiger partial charge in [0, 0.05) is 12.8 Å². The van der Waals surface area contributed by atoms with Crippen molar-refractivity contribution in [1.29, 1.82) is 0 Å². The van der Waals surface area contributed by atoms with Crippen LogP contribution in [0.25, 0.3) is 0 Å². The minimum absolute atomic E-state index is 0.174. The van der Waals surface area contributed by atoms with Gasteiger partial charge in [0.25, 0.3) is 6.29 Å². The Labute approximate surface area is 409 Å². The fourth-order valence-corrected chi connectivity index (χ4v) is 6.56. The number of rotatable bonds is 46. The van der Waals surface area contributed by atoms with E-state index in [1.165, 1.54) is 44.9 Å². The maximum absolute atomic E-state index is 12.8. The number of nitrogens with zero attached hydrogens (tertiary/aromatic N) is 1. The van der Waals surface area contributed by atoms with Crippen LogP contribution >= 0.6 is 0 Å². The van der Waals surface area contributed by atoms with Crippen molar-refractivity contribution in [2.24, 2.45) is 0 Å². The maximum Gasteiger partial charge on any atom is 0.361 e. The van der Waals surface area contributed by atoms with Gasteiger partial charge < -0.3 is 28.5 Å². The number of allylic oxidation sites excluding steroid dienone is 18. The largest absolute Gasteiger partial charge is 0.477 e. The molecule has 0 aromatic heterocycles. The average molecular weight is 935 g/mol. The van der Waals surface area contributed by atoms with Crippen LogP contribution < -0.4 is 0 Å². The first kappa shape index (κ1) is 63.0. The van der Waals surface area contributed by atoms with Gasteiger partial charge in [-0.1, -0.05) is 181 Å². The Kier molecular flexibility index (Phi) is 45.5. The van der Waals surface area contributed by atoms with E-state index in [4.69, 9.17) is 18.9 Å². The Morgan fingerprint density at radius 3 is 1.22 bits per heavy atom. The number of unbranched alkanes of at least 4 members (excludes halogenated alkanes) is 13. The van der Waals surface area contributed by atoms with E-state index in [9.17, 15) is 19.5 Å². The number of carbonyl (C=O) groups is 3. The number of hydrogen-bond acceptors (Lipinski definition) is 7. The van der Waals surface area contributed by atoms with E-state index in [2.05, 4.69) is 123 Å². The molecule has 0 aliphatic carbocycles. The molecule has 0 rings (SSSR count). The summed E-state index contributed by atoms with van der Waals surface area (Å²) in [6.45, 7) is 4.57. The molecule has 0 bridgehead atoms. The van der Waals surface area contributed by atoms with Crippen LogP contribution in [0.5, 0.6) is 0 Å². The third-order valence-corrected chi connectivity index (χ3v) is 10.5. The second kappa shape index (κ2) is 48.4. The predicted octanol–water partition coefficient (Wildman–Crippen LogP) is 14.8. The molecule has 0 aromatic carbocycles. The smallest absolute Gasteiger partial charge is 0.361 e. The average Bonchev–Trinajstić information content (AvgIpc) is 3.29. The van der Waals surface area contributed by atoms with Crippen molar-refractivity contribution in [3.05, 3.63) is 109 Å². The third-order valence-electron chi connectivity index (χ3n) is 10.5. The van der Waals surface area contributed by atoms with E-state index in [0.717, 1.165) is 96.3 Å². The molecule has 9 nitrogen and oxygen atoms in total. The lowest BCUT2D eigenvalue weighted by Gasteiger charge is -2.25. The van der Waals surface area contributed by atoms with Crippen molar-refractivity contribution >= 4 is 17.9 Å². The molecule has 0 saturated heterocycles. The van der Waals surface area contributed by atoms with E-state index in [1.807, 2.05) is 21.1 Å². The van der Waals surface area contributed by atoms with Gasteiger partial charge in [0.2, 0.25) is 0 Å². The van der Waals surface area contributed by atoms with Crippen molar-refractivity contribution in [2.75, 3.05) is 47.5 Å². The lowest BCUT2D eigenvalue weighted by molar-refractivity contribution is -0.870. The standard InChI is InChI=1S/C58H95NO8/c1-6-8-10-12-14-16-18-20-22-23-24-25-26-27-28-29-30-31-32-33-35-37-39-41-43-45-47-49-56(61)67-54(53-66-58(57(62)63)64-51-50-59(3,4)5)52-65-55(60)48-46-44-42-40-38-36-34-21-19-17-15-13-11-9-7-2/h8-11,14-17,20-22,24-25,27-28,34,38,40,54,58H,6-7,12-13,18-19,23,26,29-33,35-37,39,41-53H2,1-5H3/p+1/b10-8-,11-9-,16-14-,17-15-,22-20-,25-24-,28-27-,34-21-,40-38-. The Bertz CT molecular complexity index is 1460. The predicted molar refractivity (Wildman–Crippen MR) is 281 cm³/mol. The lowest BCUT2D eigenvalue weighted by atomic mass is 10.0. The zero-order valence-electron chi connectivity index (χ0n) is 43.0. The number of carbonyl (C=O) groups excluding carboxylic acids is 2. The molecule has 380 valence electrons. The van der Waals surface area contributed by atoms with Gasteiger partial charge in [-0.15, -0.1) is 0 Å². The SMILES string of the molecule is CC/C=C\C/C=C\C/C=C\C/C=C\C/C=C\CCCCCCCCCCCCCC(=O)OC(COC(=O)CCCC/C=C\C/C=C\C/C=C\C/C=C\CC)COC(OCC[N+](C)(C)C)C(=O)O. The molecule has 9 heteroatoms. The highest BCUT2D eigenvalue weighted by atomic mass is 16.7. The summed E-state index contributed by atoms with van der Waals surface area (Å²) in [5.41, 5.74) is 0. The molecule has 67 heavy (non-hydrogen) atoms. The van der Waals surface area contributed by atoms with Gasteiger partial charge in [0.15, 0.2) is 6.10 Å². The Balaban J connectivity index is 4.34. The molecular weight excluding hydrogens is 839 g/mol. The van der Waals surface area contributed by atoms with E-state index < -0.39 is 30.3 Å². The Morgan fingerprint density at radius 1 is 0.448 bits per heavy atom. The van der Waals surface area contributed by atoms with Crippen LogP contribution in [0, 0.1) is 0 Å². The van der Waals surface area contributed by atoms with Crippen molar-refractivity contribution in [3.8, 4) is 0 Å². The van der Waals surface area contributed by atoms with Crippen molar-refractivity contribution < 1.29 is 42.9 Å². The second-order valence-electron chi connectivity index (χ2n) is 18.1. The highest BCUT2D eigenvalue weighted by molar-refractivity contribution is 5.71. The molecule has 1 N–H and O–H groups in total. The Hall–Kier alpha value is -4.05. The van der Waals surface area contributed by atoms with E-state index in [1.54, 1.807) is 0 Å². The molecule has 0 heterocycles. The third kappa shape index (κ3) is 49.7. The van der Waals surface area contributed by atoms with Crippen LogP contribution in [-0.2, 0) is 33.3 Å². The van der Waals surface area contributed by atoms with Gasteiger partial charge in [0.1, 0.15) is 13.2 Å². The molecule has 0 aromatic rings. The molecule has 0 radical (unpaired) electrons. The molecule has 0 spiro atoms. The first-order chi connectivity index (χ1) is 32.6. The molecule has 2 unspecified atom stereocenters. The van der Waals surface area contributed by atoms with Crippen LogP contribution in [0.1, 0.15) is 181 Å². The fraction of sp³-hybridized carbons (Fsp3) is 0.638. The number of esters is 2. The van der Waals surface area contributed by atoms with Crippen LogP contribution in [0.15, 0.2) is 109 Å². The van der Waals surface area contributed by atoms with Gasteiger partial charge in [0.05, 0.1) is 34.4 Å². The summed E-state index contributed by atoms with van der Waals surface area (Å²) in [7, 11) is 5.94. The number of hydrogen-bond donors (Lipinski definition) is 1. The molecule has 0 fully saturated rings. The van der Waals surface area contributed by atoms with Crippen LogP contribution in [0.3, 0.4) is 0 Å². The summed E-state index contributed by atoms with van der Waals surface area (Å²) < 4.78 is 22.7. The first-order valence-corrected chi connectivity index (χ1v) is 26.1. The summed E-state index contributed by atoms with van der Waals surface area (Å²) in [5.74, 6) is -2.08. The first-order valence-electron chi connectivity index (χ1n) is 26.1. The van der Waals surface area contributed by atoms with Crippen LogP contribution in [0.2, 0.25) is 0 Å². The van der Waals surface area contributed by atoms with Gasteiger partial charge in [-0.3, -0.25) is 9.59 Å². The number of carboxylic acid groups (broad SMARTS) is 1. The normalized spacial score (nSPS) is 13.7. The summed E-state index contributed by atoms with van der Waals surface area (Å²) in [5, 5.41) is 9.67. The minimum Gasteiger partial charge on any atom is -0.477 e. The van der Waals surface area contributed by atoms with E-state index in [0.29, 0.717) is 23.9 Å². The topological polar surface area (TPSA) is 108 Å². The molecule has 0 aliphatic rings. The minimum atomic E-state index is -1.53. The monoisotopic (exact) mass is 935 g/mol. The van der Waals surface area contributed by atoms with E-state index in [-0.39, 0.29) is 32.7 Å². The highest BCUT2D eigenvalue weighted by Gasteiger charge is 2.25. The number of aliphatic carboxylic acids is 1. The molecular formula is C58H96NO8+. The van der Waals surface area contributed by atoms with Gasteiger partial charge in [-0.25, -0.2) is 4.79 Å². The summed E-state index contributed by atoms with van der Waals surface area (Å²) in [4.78, 5) is 37.3. The highest BCUT2D eigenvalue weighted by Crippen LogP contribution is 2.14.